The minimum atomic E-state index is -0.303. The van der Waals surface area contributed by atoms with Crippen molar-refractivity contribution < 1.29 is 18.3 Å². The van der Waals surface area contributed by atoms with Gasteiger partial charge >= 0.3 is 6.03 Å². The first kappa shape index (κ1) is 15.6. The Morgan fingerprint density at radius 1 is 1.30 bits per heavy atom. The molecular formula is C17H19FN2O3. The molecule has 0 aliphatic carbocycles. The molecule has 1 aliphatic heterocycles. The van der Waals surface area contributed by atoms with E-state index in [-0.39, 0.29) is 24.0 Å². The Balaban J connectivity index is 1.65. The van der Waals surface area contributed by atoms with Crippen LogP contribution in [0.5, 0.6) is 0 Å². The van der Waals surface area contributed by atoms with Crippen LogP contribution >= 0.6 is 0 Å². The molecule has 1 fully saturated rings. The van der Waals surface area contributed by atoms with Gasteiger partial charge < -0.3 is 19.8 Å². The first-order chi connectivity index (χ1) is 11.2. The smallest absolute Gasteiger partial charge is 0.315 e. The first-order valence-corrected chi connectivity index (χ1v) is 7.65. The zero-order chi connectivity index (χ0) is 16.1. The third-order valence-corrected chi connectivity index (χ3v) is 3.89. The fourth-order valence-corrected chi connectivity index (χ4v) is 2.69. The summed E-state index contributed by atoms with van der Waals surface area (Å²) in [4.78, 5) is 12.2. The molecule has 122 valence electrons. The van der Waals surface area contributed by atoms with E-state index in [1.54, 1.807) is 30.7 Å². The number of nitrogens with one attached hydrogen (secondary N) is 2. The van der Waals surface area contributed by atoms with Gasteiger partial charge in [0.05, 0.1) is 24.7 Å². The molecular weight excluding hydrogens is 299 g/mol. The number of rotatable bonds is 5. The molecule has 1 saturated heterocycles. The zero-order valence-corrected chi connectivity index (χ0v) is 12.6. The number of hydrogen-bond acceptors (Lipinski definition) is 3. The lowest BCUT2D eigenvalue weighted by atomic mass is 9.99. The molecule has 1 aromatic carbocycles. The van der Waals surface area contributed by atoms with Gasteiger partial charge in [0, 0.05) is 18.7 Å². The van der Waals surface area contributed by atoms with E-state index in [1.165, 1.54) is 12.1 Å². The van der Waals surface area contributed by atoms with Gasteiger partial charge in [-0.25, -0.2) is 9.18 Å². The van der Waals surface area contributed by atoms with E-state index in [2.05, 4.69) is 10.6 Å². The fraction of sp³-hybridized carbons (Fsp3) is 0.353. The summed E-state index contributed by atoms with van der Waals surface area (Å²) in [5.74, 6) is -0.302. The van der Waals surface area contributed by atoms with Crippen molar-refractivity contribution in [1.29, 1.82) is 0 Å². The first-order valence-electron chi connectivity index (χ1n) is 7.65. The van der Waals surface area contributed by atoms with E-state index in [0.717, 1.165) is 24.0 Å². The maximum absolute atomic E-state index is 13.1. The molecule has 3 rings (SSSR count). The Labute approximate surface area is 133 Å². The molecule has 1 aliphatic rings. The topological polar surface area (TPSA) is 63.5 Å². The number of carbonyl (C=O) groups excluding carboxylic acids is 1. The van der Waals surface area contributed by atoms with Crippen LogP contribution in [0.4, 0.5) is 9.18 Å². The van der Waals surface area contributed by atoms with E-state index in [9.17, 15) is 9.18 Å². The molecule has 0 radical (unpaired) electrons. The molecule has 23 heavy (non-hydrogen) atoms. The summed E-state index contributed by atoms with van der Waals surface area (Å²) in [5, 5.41) is 5.71. The van der Waals surface area contributed by atoms with Crippen LogP contribution < -0.4 is 10.6 Å². The second-order valence-corrected chi connectivity index (χ2v) is 5.54. The van der Waals surface area contributed by atoms with Gasteiger partial charge in [-0.1, -0.05) is 12.1 Å². The van der Waals surface area contributed by atoms with Crippen LogP contribution in [0.3, 0.4) is 0 Å². The van der Waals surface area contributed by atoms with Crippen LogP contribution in [-0.4, -0.2) is 18.7 Å². The molecule has 6 heteroatoms. The highest BCUT2D eigenvalue weighted by Gasteiger charge is 2.28. The number of furan rings is 1. The molecule has 0 spiro atoms. The van der Waals surface area contributed by atoms with Gasteiger partial charge in [-0.3, -0.25) is 0 Å². The number of benzene rings is 1. The third-order valence-electron chi connectivity index (χ3n) is 3.89. The van der Waals surface area contributed by atoms with Crippen molar-refractivity contribution in [2.45, 2.75) is 31.5 Å². The van der Waals surface area contributed by atoms with E-state index in [0.29, 0.717) is 13.2 Å². The minimum Gasteiger partial charge on any atom is -0.472 e. The Morgan fingerprint density at radius 2 is 2.13 bits per heavy atom. The molecule has 1 aromatic heterocycles. The third kappa shape index (κ3) is 4.10. The maximum Gasteiger partial charge on any atom is 0.315 e. The van der Waals surface area contributed by atoms with Gasteiger partial charge in [0.1, 0.15) is 5.82 Å². The number of urea groups is 1. The molecule has 2 heterocycles. The second kappa shape index (κ2) is 7.28. The van der Waals surface area contributed by atoms with E-state index in [1.807, 2.05) is 0 Å². The van der Waals surface area contributed by atoms with Gasteiger partial charge in [-0.15, -0.1) is 0 Å². The maximum atomic E-state index is 13.1. The lowest BCUT2D eigenvalue weighted by molar-refractivity contribution is 0.0807. The van der Waals surface area contributed by atoms with Crippen molar-refractivity contribution >= 4 is 6.03 Å². The quantitative estimate of drug-likeness (QED) is 0.890. The number of halogens is 1. The second-order valence-electron chi connectivity index (χ2n) is 5.54. The number of carbonyl (C=O) groups is 1. The summed E-state index contributed by atoms with van der Waals surface area (Å²) in [6.45, 7) is 1.06. The highest BCUT2D eigenvalue weighted by atomic mass is 19.1. The number of ether oxygens (including phenoxy) is 1. The standard InChI is InChI=1S/C17H19FN2O3/c18-14-5-3-13(4-6-14)16(15-2-1-8-23-15)20-17(21)19-10-12-7-9-22-11-12/h3-7,9,11,15-16H,1-2,8,10H2,(H2,19,20,21)/t15-,16+/m1/s1. The lowest BCUT2D eigenvalue weighted by Gasteiger charge is -2.25. The highest BCUT2D eigenvalue weighted by Crippen LogP contribution is 2.27. The fourth-order valence-electron chi connectivity index (χ4n) is 2.69. The average Bonchev–Trinajstić information content (AvgIpc) is 3.25. The molecule has 0 bridgehead atoms. The van der Waals surface area contributed by atoms with Crippen molar-refractivity contribution in [1.82, 2.24) is 10.6 Å². The number of hydrogen-bond donors (Lipinski definition) is 2. The highest BCUT2D eigenvalue weighted by molar-refractivity contribution is 5.74. The van der Waals surface area contributed by atoms with Crippen LogP contribution in [-0.2, 0) is 11.3 Å². The van der Waals surface area contributed by atoms with Crippen LogP contribution in [0.15, 0.2) is 47.3 Å². The van der Waals surface area contributed by atoms with Gasteiger partial charge in [0.25, 0.3) is 0 Å². The van der Waals surface area contributed by atoms with Gasteiger partial charge in [0.15, 0.2) is 0 Å². The van der Waals surface area contributed by atoms with Crippen molar-refractivity contribution in [3.63, 3.8) is 0 Å². The van der Waals surface area contributed by atoms with E-state index in [4.69, 9.17) is 9.15 Å². The van der Waals surface area contributed by atoms with Crippen LogP contribution in [0, 0.1) is 5.82 Å². The van der Waals surface area contributed by atoms with Gasteiger partial charge in [-0.2, -0.15) is 0 Å². The predicted molar refractivity (Wildman–Crippen MR) is 82.2 cm³/mol. The zero-order valence-electron chi connectivity index (χ0n) is 12.6. The summed E-state index contributed by atoms with van der Waals surface area (Å²) < 4.78 is 23.8. The Morgan fingerprint density at radius 3 is 2.78 bits per heavy atom. The van der Waals surface area contributed by atoms with Crippen molar-refractivity contribution in [3.05, 3.63) is 59.8 Å². The Kier molecular flexibility index (Phi) is 4.92. The summed E-state index contributed by atoms with van der Waals surface area (Å²) in [7, 11) is 0. The summed E-state index contributed by atoms with van der Waals surface area (Å²) in [5.41, 5.74) is 1.72. The molecule has 0 unspecified atom stereocenters. The minimum absolute atomic E-state index is 0.0971. The number of amides is 2. The van der Waals surface area contributed by atoms with Crippen LogP contribution in [0.25, 0.3) is 0 Å². The molecule has 0 saturated carbocycles. The van der Waals surface area contributed by atoms with Crippen molar-refractivity contribution in [2.75, 3.05) is 6.61 Å². The largest absolute Gasteiger partial charge is 0.472 e. The van der Waals surface area contributed by atoms with Gasteiger partial charge in [-0.05, 0) is 36.6 Å². The summed E-state index contributed by atoms with van der Waals surface area (Å²) >= 11 is 0. The van der Waals surface area contributed by atoms with Gasteiger partial charge in [0.2, 0.25) is 0 Å². The molecule has 2 N–H and O–H groups in total. The Bertz CT molecular complexity index is 622. The lowest BCUT2D eigenvalue weighted by Crippen LogP contribution is -2.41. The SMILES string of the molecule is O=C(NCc1ccoc1)N[C@@H](c1ccc(F)cc1)[C@H]1CCCO1. The normalized spacial score (nSPS) is 18.6. The molecule has 2 aromatic rings. The molecule has 2 amide bonds. The van der Waals surface area contributed by atoms with E-state index >= 15 is 0 Å². The van der Waals surface area contributed by atoms with Crippen LogP contribution in [0.2, 0.25) is 0 Å². The Hall–Kier alpha value is -2.34. The van der Waals surface area contributed by atoms with Crippen molar-refractivity contribution in [2.24, 2.45) is 0 Å². The molecule has 5 nitrogen and oxygen atoms in total. The monoisotopic (exact) mass is 318 g/mol. The average molecular weight is 318 g/mol. The van der Waals surface area contributed by atoms with Crippen LogP contribution in [0.1, 0.15) is 30.0 Å². The summed E-state index contributed by atoms with van der Waals surface area (Å²) in [6.07, 6.45) is 4.87. The summed E-state index contributed by atoms with van der Waals surface area (Å²) in [6, 6.07) is 7.33. The predicted octanol–water partition coefficient (Wildman–Crippen LogP) is 3.14. The van der Waals surface area contributed by atoms with Crippen molar-refractivity contribution in [3.8, 4) is 0 Å². The molecule has 2 atom stereocenters. The van der Waals surface area contributed by atoms with E-state index < -0.39 is 0 Å².